The first-order chi connectivity index (χ1) is 9.34. The third kappa shape index (κ3) is 1.69. The van der Waals surface area contributed by atoms with Crippen molar-refractivity contribution in [2.75, 3.05) is 6.54 Å². The first-order valence-electron chi connectivity index (χ1n) is 6.13. The topological polar surface area (TPSA) is 42.2 Å². The fourth-order valence-corrected chi connectivity index (χ4v) is 4.01. The summed E-state index contributed by atoms with van der Waals surface area (Å²) < 4.78 is 1.95. The van der Waals surface area contributed by atoms with Crippen molar-refractivity contribution in [1.82, 2.24) is 19.9 Å². The molecule has 96 valence electrons. The SMILES string of the molecule is Clc1ccccc1C1NCCc2c1sc1ncnn21. The predicted molar refractivity (Wildman–Crippen MR) is 75.9 cm³/mol. The van der Waals surface area contributed by atoms with E-state index >= 15 is 0 Å². The Balaban J connectivity index is 1.91. The highest BCUT2D eigenvalue weighted by Gasteiger charge is 2.27. The molecule has 2 aromatic heterocycles. The molecule has 1 aromatic carbocycles. The normalized spacial score (nSPS) is 18.7. The van der Waals surface area contributed by atoms with Crippen molar-refractivity contribution in [3.05, 3.63) is 51.7 Å². The molecule has 0 saturated carbocycles. The van der Waals surface area contributed by atoms with E-state index in [0.29, 0.717) is 0 Å². The van der Waals surface area contributed by atoms with E-state index in [0.717, 1.165) is 28.5 Å². The molecule has 0 aliphatic carbocycles. The molecule has 3 aromatic rings. The lowest BCUT2D eigenvalue weighted by Crippen LogP contribution is -2.30. The molecule has 6 heteroatoms. The highest BCUT2D eigenvalue weighted by atomic mass is 35.5. The summed E-state index contributed by atoms with van der Waals surface area (Å²) in [6, 6.07) is 8.13. The number of fused-ring (bicyclic) bond motifs is 3. The molecule has 0 amide bonds. The zero-order valence-corrected chi connectivity index (χ0v) is 11.6. The molecule has 3 heterocycles. The van der Waals surface area contributed by atoms with Gasteiger partial charge in [-0.15, -0.1) is 0 Å². The van der Waals surface area contributed by atoms with Crippen LogP contribution in [-0.4, -0.2) is 21.1 Å². The zero-order valence-electron chi connectivity index (χ0n) is 10.0. The molecule has 0 fully saturated rings. The Morgan fingerprint density at radius 1 is 1.37 bits per heavy atom. The minimum Gasteiger partial charge on any atom is -0.305 e. The van der Waals surface area contributed by atoms with Gasteiger partial charge in [-0.1, -0.05) is 41.1 Å². The second-order valence-corrected chi connectivity index (χ2v) is 5.94. The van der Waals surface area contributed by atoms with Gasteiger partial charge in [0.2, 0.25) is 4.96 Å². The molecular formula is C13H11ClN4S. The largest absolute Gasteiger partial charge is 0.305 e. The lowest BCUT2D eigenvalue weighted by Gasteiger charge is -2.24. The van der Waals surface area contributed by atoms with Crippen molar-refractivity contribution in [3.63, 3.8) is 0 Å². The van der Waals surface area contributed by atoms with E-state index in [4.69, 9.17) is 11.6 Å². The van der Waals surface area contributed by atoms with Crippen molar-refractivity contribution in [1.29, 1.82) is 0 Å². The van der Waals surface area contributed by atoms with Crippen LogP contribution < -0.4 is 5.32 Å². The van der Waals surface area contributed by atoms with Gasteiger partial charge in [0.05, 0.1) is 16.6 Å². The minimum atomic E-state index is 0.144. The molecular weight excluding hydrogens is 280 g/mol. The van der Waals surface area contributed by atoms with Gasteiger partial charge in [-0.2, -0.15) is 5.10 Å². The van der Waals surface area contributed by atoms with E-state index in [2.05, 4.69) is 21.5 Å². The van der Waals surface area contributed by atoms with Gasteiger partial charge < -0.3 is 5.32 Å². The van der Waals surface area contributed by atoms with Crippen molar-refractivity contribution >= 4 is 27.9 Å². The van der Waals surface area contributed by atoms with Crippen molar-refractivity contribution in [3.8, 4) is 0 Å². The first-order valence-corrected chi connectivity index (χ1v) is 7.33. The molecule has 1 aliphatic heterocycles. The standard InChI is InChI=1S/C13H11ClN4S/c14-9-4-2-1-3-8(9)11-12-10(5-6-15-11)18-13(19-12)16-7-17-18/h1-4,7,11,15H,5-6H2. The number of nitrogens with one attached hydrogen (secondary N) is 1. The number of halogens is 1. The Morgan fingerprint density at radius 2 is 2.26 bits per heavy atom. The summed E-state index contributed by atoms with van der Waals surface area (Å²) in [5, 5.41) is 8.64. The second kappa shape index (κ2) is 4.30. The Hall–Kier alpha value is -1.43. The van der Waals surface area contributed by atoms with Crippen LogP contribution >= 0.6 is 22.9 Å². The predicted octanol–water partition coefficient (Wildman–Crippen LogP) is 2.68. The molecule has 19 heavy (non-hydrogen) atoms. The average molecular weight is 291 g/mol. The smallest absolute Gasteiger partial charge is 0.212 e. The van der Waals surface area contributed by atoms with Crippen LogP contribution in [0.25, 0.3) is 4.96 Å². The molecule has 1 aliphatic rings. The third-order valence-corrected chi connectivity index (χ3v) is 4.94. The summed E-state index contributed by atoms with van der Waals surface area (Å²) in [7, 11) is 0. The number of benzene rings is 1. The van der Waals surface area contributed by atoms with Gasteiger partial charge in [0.1, 0.15) is 6.33 Å². The molecule has 4 nitrogen and oxygen atoms in total. The molecule has 1 N–H and O–H groups in total. The monoisotopic (exact) mass is 290 g/mol. The lowest BCUT2D eigenvalue weighted by atomic mass is 10.00. The maximum absolute atomic E-state index is 6.32. The molecule has 4 rings (SSSR count). The Morgan fingerprint density at radius 3 is 3.16 bits per heavy atom. The maximum Gasteiger partial charge on any atom is 0.212 e. The second-order valence-electron chi connectivity index (χ2n) is 4.53. The van der Waals surface area contributed by atoms with Gasteiger partial charge in [0, 0.05) is 18.0 Å². The number of nitrogens with zero attached hydrogens (tertiary/aromatic N) is 3. The van der Waals surface area contributed by atoms with E-state index in [1.165, 1.54) is 10.6 Å². The number of rotatable bonds is 1. The van der Waals surface area contributed by atoms with E-state index in [9.17, 15) is 0 Å². The Bertz CT molecular complexity index is 748. The van der Waals surface area contributed by atoms with Crippen LogP contribution in [0.4, 0.5) is 0 Å². The quantitative estimate of drug-likeness (QED) is 0.749. The van der Waals surface area contributed by atoms with Crippen molar-refractivity contribution in [2.45, 2.75) is 12.5 Å². The molecule has 0 bridgehead atoms. The van der Waals surface area contributed by atoms with Crippen LogP contribution in [0.15, 0.2) is 30.6 Å². The van der Waals surface area contributed by atoms with Crippen molar-refractivity contribution in [2.24, 2.45) is 0 Å². The van der Waals surface area contributed by atoms with Gasteiger partial charge in [0.15, 0.2) is 0 Å². The fourth-order valence-electron chi connectivity index (χ4n) is 2.59. The highest BCUT2D eigenvalue weighted by molar-refractivity contribution is 7.17. The van der Waals surface area contributed by atoms with Crippen LogP contribution in [0.2, 0.25) is 5.02 Å². The summed E-state index contributed by atoms with van der Waals surface area (Å²) in [5.74, 6) is 0. The molecule has 1 unspecified atom stereocenters. The van der Waals surface area contributed by atoms with Gasteiger partial charge in [-0.25, -0.2) is 9.50 Å². The molecule has 0 radical (unpaired) electrons. The van der Waals surface area contributed by atoms with Gasteiger partial charge in [-0.3, -0.25) is 0 Å². The van der Waals surface area contributed by atoms with E-state index < -0.39 is 0 Å². The zero-order chi connectivity index (χ0) is 12.8. The minimum absolute atomic E-state index is 0.144. The van der Waals surface area contributed by atoms with Crippen molar-refractivity contribution < 1.29 is 0 Å². The summed E-state index contributed by atoms with van der Waals surface area (Å²) in [6.07, 6.45) is 2.58. The number of thiazole rings is 1. The number of hydrogen-bond donors (Lipinski definition) is 1. The van der Waals surface area contributed by atoms with Gasteiger partial charge >= 0.3 is 0 Å². The highest BCUT2D eigenvalue weighted by Crippen LogP contribution is 2.36. The number of aromatic nitrogens is 3. The Kier molecular flexibility index (Phi) is 2.58. The first kappa shape index (κ1) is 11.4. The van der Waals surface area contributed by atoms with Gasteiger partial charge in [-0.05, 0) is 11.6 Å². The summed E-state index contributed by atoms with van der Waals surface area (Å²) in [5.41, 5.74) is 2.37. The molecule has 1 atom stereocenters. The molecule has 0 spiro atoms. The van der Waals surface area contributed by atoms with Crippen LogP contribution in [0.5, 0.6) is 0 Å². The maximum atomic E-state index is 6.32. The third-order valence-electron chi connectivity index (χ3n) is 3.45. The average Bonchev–Trinajstić information content (AvgIpc) is 2.99. The summed E-state index contributed by atoms with van der Waals surface area (Å²) in [6.45, 7) is 0.925. The summed E-state index contributed by atoms with van der Waals surface area (Å²) in [4.78, 5) is 6.51. The number of hydrogen-bond acceptors (Lipinski definition) is 4. The van der Waals surface area contributed by atoms with Gasteiger partial charge in [0.25, 0.3) is 0 Å². The molecule has 0 saturated heterocycles. The summed E-state index contributed by atoms with van der Waals surface area (Å²) >= 11 is 8.01. The van der Waals surface area contributed by atoms with E-state index in [1.807, 2.05) is 22.7 Å². The van der Waals surface area contributed by atoms with E-state index in [-0.39, 0.29) is 6.04 Å². The van der Waals surface area contributed by atoms with Crippen LogP contribution in [0, 0.1) is 0 Å². The van der Waals surface area contributed by atoms with E-state index in [1.54, 1.807) is 17.7 Å². The lowest BCUT2D eigenvalue weighted by molar-refractivity contribution is 0.562. The fraction of sp³-hybridized carbons (Fsp3) is 0.231. The Labute approximate surface area is 119 Å². The van der Waals surface area contributed by atoms with Crippen LogP contribution in [-0.2, 0) is 6.42 Å². The van der Waals surface area contributed by atoms with Crippen LogP contribution in [0.1, 0.15) is 22.2 Å². The van der Waals surface area contributed by atoms with Crippen LogP contribution in [0.3, 0.4) is 0 Å².